The number of rotatable bonds is 2. The highest BCUT2D eigenvalue weighted by Crippen LogP contribution is 2.29. The second-order valence-corrected chi connectivity index (χ2v) is 7.03. The van der Waals surface area contributed by atoms with Gasteiger partial charge < -0.3 is 10.3 Å². The second-order valence-electron chi connectivity index (χ2n) is 6.64. The Kier molecular flexibility index (Phi) is 3.99. The maximum atomic E-state index is 12.7. The fraction of sp³-hybridized carbons (Fsp3) is 0.333. The van der Waals surface area contributed by atoms with E-state index in [1.54, 1.807) is 25.2 Å². The fourth-order valence-corrected chi connectivity index (χ4v) is 3.74. The van der Waals surface area contributed by atoms with Crippen molar-refractivity contribution in [2.75, 3.05) is 0 Å². The Labute approximate surface area is 154 Å². The largest absolute Gasteiger partial charge is 0.345 e. The molecule has 1 aliphatic rings. The normalized spacial score (nSPS) is 16.5. The van der Waals surface area contributed by atoms with Crippen LogP contribution in [-0.2, 0) is 20.5 Å². The molecule has 0 radical (unpaired) electrons. The van der Waals surface area contributed by atoms with Crippen LogP contribution in [0.25, 0.3) is 10.9 Å². The molecule has 7 nitrogen and oxygen atoms in total. The molecule has 134 valence electrons. The number of benzene rings is 1. The average Bonchev–Trinajstić information content (AvgIpc) is 3.01. The quantitative estimate of drug-likeness (QED) is 0.678. The molecule has 0 aliphatic heterocycles. The van der Waals surface area contributed by atoms with Crippen molar-refractivity contribution < 1.29 is 4.79 Å². The highest BCUT2D eigenvalue weighted by molar-refractivity contribution is 7.71. The van der Waals surface area contributed by atoms with Crippen molar-refractivity contribution in [3.8, 4) is 0 Å². The SMILES string of the molecule is Cn1ncc2c1CCC[C@H]2NC(=O)c1ccc2c(=O)n(C)c(=S)[nH]c2c1. The van der Waals surface area contributed by atoms with Gasteiger partial charge in [-0.2, -0.15) is 5.10 Å². The number of hydrogen-bond acceptors (Lipinski definition) is 4. The number of carbonyl (C=O) groups is 1. The number of aromatic nitrogens is 4. The van der Waals surface area contributed by atoms with Crippen molar-refractivity contribution in [1.82, 2.24) is 24.6 Å². The molecular weight excluding hydrogens is 350 g/mol. The van der Waals surface area contributed by atoms with Crippen LogP contribution in [0, 0.1) is 4.77 Å². The van der Waals surface area contributed by atoms with Gasteiger partial charge in [0, 0.05) is 30.9 Å². The van der Waals surface area contributed by atoms with Crippen LogP contribution in [0.5, 0.6) is 0 Å². The Balaban J connectivity index is 1.66. The fourth-order valence-electron chi connectivity index (χ4n) is 3.55. The molecule has 1 aromatic carbocycles. The Morgan fingerprint density at radius 3 is 3.00 bits per heavy atom. The van der Waals surface area contributed by atoms with Crippen LogP contribution in [0.15, 0.2) is 29.2 Å². The minimum atomic E-state index is -0.178. The third kappa shape index (κ3) is 2.66. The highest BCUT2D eigenvalue weighted by atomic mass is 32.1. The van der Waals surface area contributed by atoms with E-state index in [0.29, 0.717) is 21.2 Å². The van der Waals surface area contributed by atoms with E-state index in [1.165, 1.54) is 10.3 Å². The average molecular weight is 369 g/mol. The first kappa shape index (κ1) is 16.7. The van der Waals surface area contributed by atoms with Gasteiger partial charge in [0.1, 0.15) is 0 Å². The number of nitrogens with zero attached hydrogens (tertiary/aromatic N) is 3. The van der Waals surface area contributed by atoms with Crippen molar-refractivity contribution in [3.05, 3.63) is 56.3 Å². The summed E-state index contributed by atoms with van der Waals surface area (Å²) in [6.45, 7) is 0. The number of carbonyl (C=O) groups excluding carboxylic acids is 1. The Morgan fingerprint density at radius 2 is 2.19 bits per heavy atom. The number of fused-ring (bicyclic) bond motifs is 2. The monoisotopic (exact) mass is 369 g/mol. The molecule has 1 amide bonds. The van der Waals surface area contributed by atoms with E-state index in [1.807, 2.05) is 17.9 Å². The van der Waals surface area contributed by atoms with Crippen molar-refractivity contribution in [2.45, 2.75) is 25.3 Å². The first-order valence-corrected chi connectivity index (χ1v) is 8.91. The molecular formula is C18H19N5O2S. The molecule has 0 fully saturated rings. The summed E-state index contributed by atoms with van der Waals surface area (Å²) in [6.07, 6.45) is 4.72. The van der Waals surface area contributed by atoms with Gasteiger partial charge in [-0.25, -0.2) is 0 Å². The number of aromatic amines is 1. The van der Waals surface area contributed by atoms with E-state index >= 15 is 0 Å². The zero-order valence-electron chi connectivity index (χ0n) is 14.6. The zero-order chi connectivity index (χ0) is 18.4. The standard InChI is InChI=1S/C18H19N5O2S/c1-22-17(25)11-7-6-10(8-14(11)21-18(22)26)16(24)20-13-4-3-5-15-12(13)9-19-23(15)2/h6-9,13H,3-5H2,1-2H3,(H,20,24)(H,21,26)/t13-/m1/s1. The van der Waals surface area contributed by atoms with Gasteiger partial charge in [-0.3, -0.25) is 18.8 Å². The van der Waals surface area contributed by atoms with Gasteiger partial charge in [-0.15, -0.1) is 0 Å². The molecule has 0 saturated heterocycles. The third-order valence-corrected chi connectivity index (χ3v) is 5.42. The predicted octanol–water partition coefficient (Wildman–Crippen LogP) is 2.14. The number of hydrogen-bond donors (Lipinski definition) is 2. The van der Waals surface area contributed by atoms with E-state index in [9.17, 15) is 9.59 Å². The topological polar surface area (TPSA) is 84.7 Å². The minimum absolute atomic E-state index is 0.0437. The molecule has 2 N–H and O–H groups in total. The van der Waals surface area contributed by atoms with E-state index in [4.69, 9.17) is 12.2 Å². The van der Waals surface area contributed by atoms with Gasteiger partial charge in [0.25, 0.3) is 11.5 Å². The van der Waals surface area contributed by atoms with Gasteiger partial charge in [0.2, 0.25) is 0 Å². The maximum Gasteiger partial charge on any atom is 0.261 e. The Hall–Kier alpha value is -2.74. The molecule has 1 atom stereocenters. The number of aryl methyl sites for hydroxylation is 1. The van der Waals surface area contributed by atoms with Gasteiger partial charge in [-0.05, 0) is 49.7 Å². The lowest BCUT2D eigenvalue weighted by Gasteiger charge is -2.23. The molecule has 0 bridgehead atoms. The summed E-state index contributed by atoms with van der Waals surface area (Å²) in [5.74, 6) is -0.173. The van der Waals surface area contributed by atoms with Crippen LogP contribution in [0.4, 0.5) is 0 Å². The lowest BCUT2D eigenvalue weighted by molar-refractivity contribution is 0.0932. The predicted molar refractivity (Wildman–Crippen MR) is 101 cm³/mol. The number of H-pyrrole nitrogens is 1. The summed E-state index contributed by atoms with van der Waals surface area (Å²) in [4.78, 5) is 28.0. The first-order valence-electron chi connectivity index (χ1n) is 8.50. The Morgan fingerprint density at radius 1 is 1.38 bits per heavy atom. The van der Waals surface area contributed by atoms with Crippen molar-refractivity contribution in [1.29, 1.82) is 0 Å². The summed E-state index contributed by atoms with van der Waals surface area (Å²) in [7, 11) is 3.55. The van der Waals surface area contributed by atoms with Gasteiger partial charge in [0.05, 0.1) is 23.1 Å². The smallest absolute Gasteiger partial charge is 0.261 e. The summed E-state index contributed by atoms with van der Waals surface area (Å²) in [6, 6.07) is 4.96. The first-order chi connectivity index (χ1) is 12.5. The van der Waals surface area contributed by atoms with Crippen LogP contribution in [0.3, 0.4) is 0 Å². The lowest BCUT2D eigenvalue weighted by Crippen LogP contribution is -2.31. The van der Waals surface area contributed by atoms with Crippen molar-refractivity contribution >= 4 is 29.0 Å². The summed E-state index contributed by atoms with van der Waals surface area (Å²) >= 11 is 5.15. The Bertz CT molecular complexity index is 1140. The minimum Gasteiger partial charge on any atom is -0.345 e. The molecule has 2 aromatic heterocycles. The molecule has 26 heavy (non-hydrogen) atoms. The van der Waals surface area contributed by atoms with Crippen molar-refractivity contribution in [3.63, 3.8) is 0 Å². The highest BCUT2D eigenvalue weighted by Gasteiger charge is 2.25. The van der Waals surface area contributed by atoms with Crippen LogP contribution in [0.1, 0.15) is 40.5 Å². The molecule has 0 saturated carbocycles. The maximum absolute atomic E-state index is 12.7. The van der Waals surface area contributed by atoms with E-state index in [0.717, 1.165) is 24.8 Å². The second kappa shape index (κ2) is 6.21. The van der Waals surface area contributed by atoms with Crippen molar-refractivity contribution in [2.24, 2.45) is 14.1 Å². The molecule has 2 heterocycles. The molecule has 0 spiro atoms. The molecule has 0 unspecified atom stereocenters. The molecule has 4 rings (SSSR count). The number of amides is 1. The van der Waals surface area contributed by atoms with E-state index in [-0.39, 0.29) is 17.5 Å². The van der Waals surface area contributed by atoms with Gasteiger partial charge in [-0.1, -0.05) is 0 Å². The summed E-state index contributed by atoms with van der Waals surface area (Å²) in [5.41, 5.74) is 3.14. The van der Waals surface area contributed by atoms with Gasteiger partial charge >= 0.3 is 0 Å². The van der Waals surface area contributed by atoms with Crippen LogP contribution >= 0.6 is 12.2 Å². The third-order valence-electron chi connectivity index (χ3n) is 5.04. The van der Waals surface area contributed by atoms with E-state index < -0.39 is 0 Å². The van der Waals surface area contributed by atoms with Gasteiger partial charge in [0.15, 0.2) is 4.77 Å². The summed E-state index contributed by atoms with van der Waals surface area (Å²) in [5, 5.41) is 7.91. The van der Waals surface area contributed by atoms with Crippen LogP contribution in [-0.4, -0.2) is 25.2 Å². The zero-order valence-corrected chi connectivity index (χ0v) is 15.4. The summed E-state index contributed by atoms with van der Waals surface area (Å²) < 4.78 is 3.58. The molecule has 1 aliphatic carbocycles. The van der Waals surface area contributed by atoms with Crippen LogP contribution < -0.4 is 10.9 Å². The molecule has 3 aromatic rings. The number of nitrogens with one attached hydrogen (secondary N) is 2. The van der Waals surface area contributed by atoms with Crippen LogP contribution in [0.2, 0.25) is 0 Å². The molecule has 8 heteroatoms. The lowest BCUT2D eigenvalue weighted by atomic mass is 9.92. The van der Waals surface area contributed by atoms with E-state index in [2.05, 4.69) is 15.4 Å².